The second-order valence-corrected chi connectivity index (χ2v) is 9.84. The van der Waals surface area contributed by atoms with Crippen LogP contribution < -0.4 is 20.9 Å². The standard InChI is InChI=1S/C22H22ClF3N4O4S/c23-18-6-5-17(35-18)21(33)27-10-16(28-12-1-2-12)20(32)29-15-4-3-13(9-14(15)22(24,25)26)30-7-8-34-11-19(30)31/h3-6,9,12,16,28H,1-2,7-8,10-11H2,(H,27,33)(H,29,32)/t16-/m0/s1. The van der Waals surface area contributed by atoms with Crippen LogP contribution in [0.4, 0.5) is 24.5 Å². The van der Waals surface area contributed by atoms with Crippen molar-refractivity contribution in [3.05, 3.63) is 45.1 Å². The van der Waals surface area contributed by atoms with Gasteiger partial charge in [0.15, 0.2) is 0 Å². The Morgan fingerprint density at radius 2 is 2.00 bits per heavy atom. The molecule has 0 unspecified atom stereocenters. The molecule has 1 aliphatic carbocycles. The van der Waals surface area contributed by atoms with Crippen molar-refractivity contribution in [3.63, 3.8) is 0 Å². The number of nitrogens with zero attached hydrogens (tertiary/aromatic N) is 1. The Hall–Kier alpha value is -2.67. The van der Waals surface area contributed by atoms with Gasteiger partial charge in [0.25, 0.3) is 11.8 Å². The molecule has 2 fully saturated rings. The number of thiophene rings is 1. The summed E-state index contributed by atoms with van der Waals surface area (Å²) in [6.07, 6.45) is -3.12. The molecule has 3 N–H and O–H groups in total. The van der Waals surface area contributed by atoms with Crippen molar-refractivity contribution in [3.8, 4) is 0 Å². The van der Waals surface area contributed by atoms with Crippen molar-refractivity contribution in [2.75, 3.05) is 36.5 Å². The smallest absolute Gasteiger partial charge is 0.370 e. The summed E-state index contributed by atoms with van der Waals surface area (Å²) in [5.41, 5.74) is -1.45. The number of hydrogen-bond acceptors (Lipinski definition) is 6. The number of benzene rings is 1. The molecule has 1 saturated heterocycles. The number of carbonyl (C=O) groups is 3. The van der Waals surface area contributed by atoms with E-state index in [1.165, 1.54) is 11.0 Å². The molecule has 1 aromatic carbocycles. The second-order valence-electron chi connectivity index (χ2n) is 8.12. The molecule has 1 aliphatic heterocycles. The van der Waals surface area contributed by atoms with E-state index in [9.17, 15) is 27.6 Å². The van der Waals surface area contributed by atoms with Crippen LogP contribution in [0, 0.1) is 0 Å². The number of morpholine rings is 1. The Balaban J connectivity index is 1.50. The first kappa shape index (κ1) is 25.4. The van der Waals surface area contributed by atoms with Gasteiger partial charge in [-0.15, -0.1) is 11.3 Å². The summed E-state index contributed by atoms with van der Waals surface area (Å²) in [6.45, 7) is 0.00398. The van der Waals surface area contributed by atoms with Crippen LogP contribution in [0.3, 0.4) is 0 Å². The summed E-state index contributed by atoms with van der Waals surface area (Å²) in [5.74, 6) is -1.60. The third-order valence-electron chi connectivity index (χ3n) is 5.46. The van der Waals surface area contributed by atoms with Crippen LogP contribution in [0.2, 0.25) is 4.34 Å². The fourth-order valence-electron chi connectivity index (χ4n) is 3.53. The van der Waals surface area contributed by atoms with Crippen molar-refractivity contribution in [2.45, 2.75) is 31.1 Å². The monoisotopic (exact) mass is 530 g/mol. The molecule has 0 radical (unpaired) electrons. The topological polar surface area (TPSA) is 99.8 Å². The Morgan fingerprint density at radius 3 is 2.63 bits per heavy atom. The molecule has 1 saturated carbocycles. The van der Waals surface area contributed by atoms with Gasteiger partial charge in [0.1, 0.15) is 12.6 Å². The quantitative estimate of drug-likeness (QED) is 0.486. The highest BCUT2D eigenvalue weighted by Gasteiger charge is 2.36. The van der Waals surface area contributed by atoms with Gasteiger partial charge in [-0.2, -0.15) is 13.2 Å². The zero-order valence-electron chi connectivity index (χ0n) is 18.3. The number of ether oxygens (including phenoxy) is 1. The lowest BCUT2D eigenvalue weighted by Gasteiger charge is -2.28. The normalized spacial score (nSPS) is 17.3. The molecule has 0 spiro atoms. The molecule has 8 nitrogen and oxygen atoms in total. The van der Waals surface area contributed by atoms with E-state index in [2.05, 4.69) is 16.0 Å². The van der Waals surface area contributed by atoms with Gasteiger partial charge in [0.2, 0.25) is 5.91 Å². The van der Waals surface area contributed by atoms with Gasteiger partial charge in [-0.05, 0) is 43.2 Å². The van der Waals surface area contributed by atoms with Crippen molar-refractivity contribution >= 4 is 52.0 Å². The molecule has 1 aromatic heterocycles. The second kappa shape index (κ2) is 10.5. The Labute approximate surface area is 207 Å². The molecular formula is C22H22ClF3N4O4S. The summed E-state index contributed by atoms with van der Waals surface area (Å²) in [5, 5.41) is 8.02. The third kappa shape index (κ3) is 6.51. The number of nitrogens with one attached hydrogen (secondary N) is 3. The Kier molecular flexibility index (Phi) is 7.64. The summed E-state index contributed by atoms with van der Waals surface area (Å²) in [6, 6.07) is 5.52. The lowest BCUT2D eigenvalue weighted by atomic mass is 10.1. The maximum Gasteiger partial charge on any atom is 0.418 e. The minimum Gasteiger partial charge on any atom is -0.370 e. The third-order valence-corrected chi connectivity index (χ3v) is 6.69. The van der Waals surface area contributed by atoms with Crippen LogP contribution in [0.15, 0.2) is 30.3 Å². The summed E-state index contributed by atoms with van der Waals surface area (Å²) < 4.78 is 47.0. The first-order valence-electron chi connectivity index (χ1n) is 10.8. The molecule has 2 aliphatic rings. The van der Waals surface area contributed by atoms with Gasteiger partial charge in [-0.3, -0.25) is 14.4 Å². The molecule has 0 bridgehead atoms. The molecule has 13 heteroatoms. The highest BCUT2D eigenvalue weighted by molar-refractivity contribution is 7.18. The van der Waals surface area contributed by atoms with Crippen LogP contribution in [0.5, 0.6) is 0 Å². The summed E-state index contributed by atoms with van der Waals surface area (Å²) in [4.78, 5) is 38.9. The fraction of sp³-hybridized carbons (Fsp3) is 0.409. The maximum atomic E-state index is 13.8. The summed E-state index contributed by atoms with van der Waals surface area (Å²) in [7, 11) is 0. The molecule has 4 rings (SSSR count). The minimum absolute atomic E-state index is 0.0515. The number of alkyl halides is 3. The molecular weight excluding hydrogens is 509 g/mol. The van der Waals surface area contributed by atoms with Gasteiger partial charge < -0.3 is 25.6 Å². The number of hydrogen-bond donors (Lipinski definition) is 3. The Bertz CT molecular complexity index is 1120. The summed E-state index contributed by atoms with van der Waals surface area (Å²) >= 11 is 6.92. The van der Waals surface area contributed by atoms with Crippen LogP contribution >= 0.6 is 22.9 Å². The van der Waals surface area contributed by atoms with Crippen LogP contribution in [0.25, 0.3) is 0 Å². The number of rotatable bonds is 8. The van der Waals surface area contributed by atoms with Crippen molar-refractivity contribution in [2.24, 2.45) is 0 Å². The minimum atomic E-state index is -4.78. The van der Waals surface area contributed by atoms with E-state index >= 15 is 0 Å². The van der Waals surface area contributed by atoms with Crippen LogP contribution in [0.1, 0.15) is 28.1 Å². The lowest BCUT2D eigenvalue weighted by molar-refractivity contribution is -0.137. The van der Waals surface area contributed by atoms with Gasteiger partial charge in [0, 0.05) is 24.8 Å². The Morgan fingerprint density at radius 1 is 1.23 bits per heavy atom. The van der Waals surface area contributed by atoms with Gasteiger partial charge in [-0.1, -0.05) is 11.6 Å². The number of carbonyl (C=O) groups excluding carboxylic acids is 3. The SMILES string of the molecule is O=C(NC[C@H](NC1CC1)C(=O)Nc1ccc(N2CCOCC2=O)cc1C(F)(F)F)c1ccc(Cl)s1. The highest BCUT2D eigenvalue weighted by Crippen LogP contribution is 2.37. The molecule has 35 heavy (non-hydrogen) atoms. The van der Waals surface area contributed by atoms with E-state index in [4.69, 9.17) is 16.3 Å². The first-order chi connectivity index (χ1) is 16.6. The van der Waals surface area contributed by atoms with E-state index < -0.39 is 41.2 Å². The largest absolute Gasteiger partial charge is 0.418 e. The van der Waals surface area contributed by atoms with Crippen LogP contribution in [-0.2, 0) is 20.5 Å². The van der Waals surface area contributed by atoms with Crippen molar-refractivity contribution in [1.29, 1.82) is 0 Å². The number of anilines is 2. The van der Waals surface area contributed by atoms with Crippen molar-refractivity contribution in [1.82, 2.24) is 10.6 Å². The maximum absolute atomic E-state index is 13.8. The zero-order chi connectivity index (χ0) is 25.2. The van der Waals surface area contributed by atoms with E-state index in [-0.39, 0.29) is 38.0 Å². The molecule has 2 heterocycles. The molecule has 3 amide bonds. The molecule has 1 atom stereocenters. The van der Waals surface area contributed by atoms with E-state index in [1.807, 2.05) is 0 Å². The molecule has 2 aromatic rings. The van der Waals surface area contributed by atoms with Gasteiger partial charge in [0.05, 0.1) is 27.1 Å². The predicted molar refractivity (Wildman–Crippen MR) is 125 cm³/mol. The number of halogens is 4. The zero-order valence-corrected chi connectivity index (χ0v) is 19.9. The molecule has 188 valence electrons. The van der Waals surface area contributed by atoms with Crippen molar-refractivity contribution < 1.29 is 32.3 Å². The lowest BCUT2D eigenvalue weighted by Crippen LogP contribution is -2.49. The van der Waals surface area contributed by atoms with E-state index in [0.717, 1.165) is 36.3 Å². The van der Waals surface area contributed by atoms with Gasteiger partial charge in [-0.25, -0.2) is 0 Å². The van der Waals surface area contributed by atoms with Crippen LogP contribution in [-0.4, -0.2) is 56.1 Å². The first-order valence-corrected chi connectivity index (χ1v) is 12.0. The van der Waals surface area contributed by atoms with E-state index in [0.29, 0.717) is 9.21 Å². The average Bonchev–Trinajstić information content (AvgIpc) is 3.53. The average molecular weight is 531 g/mol. The number of amides is 3. The predicted octanol–water partition coefficient (Wildman–Crippen LogP) is 3.27. The fourth-order valence-corrected chi connectivity index (χ4v) is 4.49. The van der Waals surface area contributed by atoms with Gasteiger partial charge >= 0.3 is 6.18 Å². The highest BCUT2D eigenvalue weighted by atomic mass is 35.5. The van der Waals surface area contributed by atoms with E-state index in [1.54, 1.807) is 12.1 Å².